The third kappa shape index (κ3) is 2.78. The number of fused-ring (bicyclic) bond motifs is 1. The zero-order valence-corrected chi connectivity index (χ0v) is 14.3. The van der Waals surface area contributed by atoms with Gasteiger partial charge in [-0.25, -0.2) is 9.97 Å². The van der Waals surface area contributed by atoms with Crippen molar-refractivity contribution < 1.29 is 13.9 Å². The highest BCUT2D eigenvalue weighted by Crippen LogP contribution is 2.33. The molecule has 2 atom stereocenters. The van der Waals surface area contributed by atoms with E-state index in [0.29, 0.717) is 41.3 Å². The minimum absolute atomic E-state index is 0.0363. The lowest BCUT2D eigenvalue weighted by Crippen LogP contribution is -2.32. The van der Waals surface area contributed by atoms with E-state index in [4.69, 9.17) is 9.15 Å². The van der Waals surface area contributed by atoms with Crippen LogP contribution in [0.5, 0.6) is 0 Å². The van der Waals surface area contributed by atoms with Gasteiger partial charge in [0.1, 0.15) is 11.3 Å². The molecule has 0 unspecified atom stereocenters. The molecule has 1 aromatic carbocycles. The molecule has 0 spiro atoms. The number of nitrogens with zero attached hydrogens (tertiary/aromatic N) is 4. The fourth-order valence-electron chi connectivity index (χ4n) is 3.29. The minimum atomic E-state index is -0.211. The Morgan fingerprint density at radius 2 is 2.20 bits per heavy atom. The van der Waals surface area contributed by atoms with Gasteiger partial charge in [0.05, 0.1) is 12.1 Å². The molecule has 2 aromatic heterocycles. The van der Waals surface area contributed by atoms with Crippen LogP contribution in [0.1, 0.15) is 40.4 Å². The molecule has 1 fully saturated rings. The van der Waals surface area contributed by atoms with Gasteiger partial charge in [0, 0.05) is 32.6 Å². The molecule has 130 valence electrons. The van der Waals surface area contributed by atoms with Crippen molar-refractivity contribution in [2.75, 3.05) is 13.7 Å². The van der Waals surface area contributed by atoms with Crippen molar-refractivity contribution in [2.24, 2.45) is 0 Å². The van der Waals surface area contributed by atoms with Crippen molar-refractivity contribution in [1.29, 1.82) is 0 Å². The number of rotatable bonds is 3. The maximum absolute atomic E-state index is 13.1. The second-order valence-electron chi connectivity index (χ2n) is 6.26. The molecule has 3 heterocycles. The first-order chi connectivity index (χ1) is 12.0. The van der Waals surface area contributed by atoms with E-state index in [1.165, 1.54) is 0 Å². The number of nitrogens with one attached hydrogen (secondary N) is 1. The Morgan fingerprint density at radius 1 is 1.36 bits per heavy atom. The maximum Gasteiger partial charge on any atom is 0.254 e. The van der Waals surface area contributed by atoms with E-state index < -0.39 is 0 Å². The van der Waals surface area contributed by atoms with Crippen LogP contribution in [0.25, 0.3) is 11.1 Å². The molecular weight excluding hydrogens is 322 g/mol. The molecule has 1 aliphatic heterocycles. The quantitative estimate of drug-likeness (QED) is 0.784. The molecule has 0 saturated carbocycles. The van der Waals surface area contributed by atoms with Gasteiger partial charge in [0.15, 0.2) is 17.3 Å². The first-order valence-electron chi connectivity index (χ1n) is 8.15. The number of aromatic nitrogens is 4. The van der Waals surface area contributed by atoms with Crippen molar-refractivity contribution in [3.8, 4) is 0 Å². The van der Waals surface area contributed by atoms with Gasteiger partial charge in [-0.1, -0.05) is 0 Å². The van der Waals surface area contributed by atoms with Crippen LogP contribution in [-0.4, -0.2) is 50.7 Å². The van der Waals surface area contributed by atoms with Crippen molar-refractivity contribution in [2.45, 2.75) is 32.4 Å². The van der Waals surface area contributed by atoms with Gasteiger partial charge in [0.25, 0.3) is 5.91 Å². The van der Waals surface area contributed by atoms with E-state index in [1.807, 2.05) is 6.92 Å². The molecule has 1 aliphatic rings. The Hall–Kier alpha value is -2.74. The summed E-state index contributed by atoms with van der Waals surface area (Å²) in [7, 11) is 1.66. The monoisotopic (exact) mass is 341 g/mol. The first kappa shape index (κ1) is 15.8. The fraction of sp³-hybridized carbons (Fsp3) is 0.412. The van der Waals surface area contributed by atoms with Gasteiger partial charge >= 0.3 is 0 Å². The number of benzene rings is 1. The van der Waals surface area contributed by atoms with Crippen LogP contribution in [0.2, 0.25) is 0 Å². The summed E-state index contributed by atoms with van der Waals surface area (Å²) in [6, 6.07) is 5.08. The molecular formula is C17H19N5O3. The maximum atomic E-state index is 13.1. The van der Waals surface area contributed by atoms with Gasteiger partial charge in [-0.05, 0) is 25.1 Å². The average Bonchev–Trinajstić information content (AvgIpc) is 3.29. The third-order valence-corrected chi connectivity index (χ3v) is 4.51. The summed E-state index contributed by atoms with van der Waals surface area (Å²) in [6.45, 7) is 4.13. The van der Waals surface area contributed by atoms with Crippen LogP contribution in [-0.2, 0) is 4.74 Å². The SMILES string of the molecule is CO[C@@H]1C[C@@H](c2n[nH]c(C)n2)N(C(=O)c2ccc3oc(C)nc3c2)C1. The average molecular weight is 341 g/mol. The summed E-state index contributed by atoms with van der Waals surface area (Å²) in [5.74, 6) is 1.83. The van der Waals surface area contributed by atoms with E-state index in [-0.39, 0.29) is 18.1 Å². The highest BCUT2D eigenvalue weighted by atomic mass is 16.5. The number of likely N-dealkylation sites (tertiary alicyclic amines) is 1. The molecule has 0 bridgehead atoms. The minimum Gasteiger partial charge on any atom is -0.441 e. The largest absolute Gasteiger partial charge is 0.441 e. The summed E-state index contributed by atoms with van der Waals surface area (Å²) >= 11 is 0. The van der Waals surface area contributed by atoms with E-state index in [0.717, 1.165) is 5.82 Å². The normalized spacial score (nSPS) is 20.5. The molecule has 1 saturated heterocycles. The van der Waals surface area contributed by atoms with Gasteiger partial charge < -0.3 is 14.1 Å². The number of hydrogen-bond acceptors (Lipinski definition) is 6. The Morgan fingerprint density at radius 3 is 2.92 bits per heavy atom. The highest BCUT2D eigenvalue weighted by molar-refractivity contribution is 5.97. The first-order valence-corrected chi connectivity index (χ1v) is 8.15. The van der Waals surface area contributed by atoms with E-state index >= 15 is 0 Å². The summed E-state index contributed by atoms with van der Waals surface area (Å²) in [5, 5.41) is 7.08. The van der Waals surface area contributed by atoms with Crippen molar-refractivity contribution in [1.82, 2.24) is 25.1 Å². The van der Waals surface area contributed by atoms with Crippen LogP contribution >= 0.6 is 0 Å². The zero-order chi connectivity index (χ0) is 17.6. The van der Waals surface area contributed by atoms with Gasteiger partial charge in [-0.3, -0.25) is 9.89 Å². The summed E-state index contributed by atoms with van der Waals surface area (Å²) in [5.41, 5.74) is 1.91. The smallest absolute Gasteiger partial charge is 0.254 e. The summed E-state index contributed by atoms with van der Waals surface area (Å²) < 4.78 is 10.9. The summed E-state index contributed by atoms with van der Waals surface area (Å²) in [4.78, 5) is 23.6. The molecule has 0 radical (unpaired) electrons. The van der Waals surface area contributed by atoms with Crippen LogP contribution in [0.4, 0.5) is 0 Å². The lowest BCUT2D eigenvalue weighted by molar-refractivity contribution is 0.0684. The number of ether oxygens (including phenoxy) is 1. The zero-order valence-electron chi connectivity index (χ0n) is 14.3. The van der Waals surface area contributed by atoms with Gasteiger partial charge in [-0.2, -0.15) is 5.10 Å². The molecule has 1 N–H and O–H groups in total. The standard InChI is InChI=1S/C17H19N5O3/c1-9-18-16(21-20-9)14-7-12(24-3)8-22(14)17(23)11-4-5-15-13(6-11)19-10(2)25-15/h4-6,12,14H,7-8H2,1-3H3,(H,18,20,21)/t12-,14+/m1/s1. The van der Waals surface area contributed by atoms with Crippen LogP contribution in [0.3, 0.4) is 0 Å². The van der Waals surface area contributed by atoms with Crippen LogP contribution in [0.15, 0.2) is 22.6 Å². The van der Waals surface area contributed by atoms with Gasteiger partial charge in [0.2, 0.25) is 0 Å². The Kier molecular flexibility index (Phi) is 3.76. The number of hydrogen-bond donors (Lipinski definition) is 1. The number of carbonyl (C=O) groups excluding carboxylic acids is 1. The Bertz CT molecular complexity index is 931. The molecule has 1 amide bonds. The predicted molar refractivity (Wildman–Crippen MR) is 89.1 cm³/mol. The molecule has 25 heavy (non-hydrogen) atoms. The second-order valence-corrected chi connectivity index (χ2v) is 6.26. The predicted octanol–water partition coefficient (Wildman–Crippen LogP) is 2.16. The van der Waals surface area contributed by atoms with Crippen LogP contribution in [0, 0.1) is 13.8 Å². The number of oxazole rings is 1. The molecule has 8 heteroatoms. The molecule has 0 aliphatic carbocycles. The Balaban J connectivity index is 1.67. The lowest BCUT2D eigenvalue weighted by atomic mass is 10.1. The molecule has 8 nitrogen and oxygen atoms in total. The third-order valence-electron chi connectivity index (χ3n) is 4.51. The number of aryl methyl sites for hydroxylation is 2. The van der Waals surface area contributed by atoms with Crippen molar-refractivity contribution >= 4 is 17.0 Å². The van der Waals surface area contributed by atoms with Crippen molar-refractivity contribution in [3.63, 3.8) is 0 Å². The number of amides is 1. The topological polar surface area (TPSA) is 97.1 Å². The fourth-order valence-corrected chi connectivity index (χ4v) is 3.29. The number of carbonyl (C=O) groups is 1. The Labute approximate surface area is 144 Å². The van der Waals surface area contributed by atoms with Crippen molar-refractivity contribution in [3.05, 3.63) is 41.3 Å². The molecule has 3 aromatic rings. The van der Waals surface area contributed by atoms with Gasteiger partial charge in [-0.15, -0.1) is 0 Å². The lowest BCUT2D eigenvalue weighted by Gasteiger charge is -2.22. The highest BCUT2D eigenvalue weighted by Gasteiger charge is 2.39. The number of H-pyrrole nitrogens is 1. The summed E-state index contributed by atoms with van der Waals surface area (Å²) in [6.07, 6.45) is 0.635. The van der Waals surface area contributed by atoms with E-state index in [2.05, 4.69) is 20.2 Å². The van der Waals surface area contributed by atoms with E-state index in [9.17, 15) is 4.79 Å². The number of methoxy groups -OCH3 is 1. The number of aromatic amines is 1. The van der Waals surface area contributed by atoms with E-state index in [1.54, 1.807) is 37.1 Å². The van der Waals surface area contributed by atoms with Crippen LogP contribution < -0.4 is 0 Å². The second kappa shape index (κ2) is 5.96. The molecule has 4 rings (SSSR count).